The lowest BCUT2D eigenvalue weighted by atomic mass is 10.0. The summed E-state index contributed by atoms with van der Waals surface area (Å²) in [6.45, 7) is 6.26. The van der Waals surface area contributed by atoms with Crippen LogP contribution in [0.25, 0.3) is 0 Å². The van der Waals surface area contributed by atoms with E-state index in [2.05, 4.69) is 27.7 Å². The first kappa shape index (κ1) is 8.89. The number of nitrogens with zero attached hydrogens (tertiary/aromatic N) is 1. The van der Waals surface area contributed by atoms with E-state index in [1.165, 1.54) is 37.6 Å². The molecule has 0 saturated carbocycles. The van der Waals surface area contributed by atoms with Crippen LogP contribution in [0.5, 0.6) is 0 Å². The van der Waals surface area contributed by atoms with Crippen molar-refractivity contribution in [1.82, 2.24) is 10.2 Å². The van der Waals surface area contributed by atoms with Crippen molar-refractivity contribution in [2.75, 3.05) is 26.2 Å². The molecule has 2 nitrogen and oxygen atoms in total. The molecule has 0 bridgehead atoms. The van der Waals surface area contributed by atoms with Gasteiger partial charge in [-0.3, -0.25) is 4.90 Å². The molecule has 3 rings (SSSR count). The Labute approximate surface area is 88.9 Å². The summed E-state index contributed by atoms with van der Waals surface area (Å²) in [4.78, 5) is 4.13. The summed E-state index contributed by atoms with van der Waals surface area (Å²) >= 11 is 1.88. The number of hydrogen-bond acceptors (Lipinski definition) is 3. The van der Waals surface area contributed by atoms with E-state index in [0.717, 1.165) is 11.8 Å². The van der Waals surface area contributed by atoms with E-state index in [-0.39, 0.29) is 0 Å². The monoisotopic (exact) mass is 208 g/mol. The first-order valence-electron chi connectivity index (χ1n) is 5.37. The predicted octanol–water partition coefficient (Wildman–Crippen LogP) is 1.40. The molecule has 2 aliphatic rings. The molecule has 0 radical (unpaired) electrons. The lowest BCUT2D eigenvalue weighted by Crippen LogP contribution is -2.24. The second-order valence-electron chi connectivity index (χ2n) is 4.45. The summed E-state index contributed by atoms with van der Waals surface area (Å²) in [5, 5.41) is 5.65. The predicted molar refractivity (Wildman–Crippen MR) is 59.4 cm³/mol. The highest BCUT2D eigenvalue weighted by Crippen LogP contribution is 2.27. The zero-order chi connectivity index (χ0) is 9.38. The van der Waals surface area contributed by atoms with Crippen molar-refractivity contribution in [3.63, 3.8) is 0 Å². The van der Waals surface area contributed by atoms with Gasteiger partial charge in [0.15, 0.2) is 0 Å². The normalized spacial score (nSPS) is 32.3. The van der Waals surface area contributed by atoms with E-state index in [1.54, 1.807) is 0 Å². The quantitative estimate of drug-likeness (QED) is 0.790. The molecule has 1 aromatic heterocycles. The number of nitrogens with one attached hydrogen (secondary N) is 1. The van der Waals surface area contributed by atoms with Crippen LogP contribution in [0.1, 0.15) is 4.88 Å². The van der Waals surface area contributed by atoms with Crippen LogP contribution in [0.2, 0.25) is 0 Å². The summed E-state index contributed by atoms with van der Waals surface area (Å²) < 4.78 is 0. The first-order valence-corrected chi connectivity index (χ1v) is 6.25. The Bertz CT molecular complexity index is 284. The van der Waals surface area contributed by atoms with Gasteiger partial charge in [0.2, 0.25) is 0 Å². The Morgan fingerprint density at radius 2 is 2.14 bits per heavy atom. The molecular weight excluding hydrogens is 192 g/mol. The van der Waals surface area contributed by atoms with Crippen LogP contribution in [0, 0.1) is 11.8 Å². The van der Waals surface area contributed by atoms with Crippen LogP contribution < -0.4 is 5.32 Å². The lowest BCUT2D eigenvalue weighted by molar-refractivity contribution is 0.308. The number of fused-ring (bicyclic) bond motifs is 1. The van der Waals surface area contributed by atoms with Crippen LogP contribution in [-0.4, -0.2) is 31.1 Å². The highest BCUT2D eigenvalue weighted by molar-refractivity contribution is 7.09. The van der Waals surface area contributed by atoms with Gasteiger partial charge < -0.3 is 5.32 Å². The number of thiophene rings is 1. The average molecular weight is 208 g/mol. The molecule has 2 saturated heterocycles. The van der Waals surface area contributed by atoms with E-state index in [1.807, 2.05) is 11.3 Å². The molecule has 3 heterocycles. The molecule has 14 heavy (non-hydrogen) atoms. The van der Waals surface area contributed by atoms with E-state index in [4.69, 9.17) is 0 Å². The van der Waals surface area contributed by atoms with E-state index < -0.39 is 0 Å². The smallest absolute Gasteiger partial charge is 0.0328 e. The van der Waals surface area contributed by atoms with Crippen molar-refractivity contribution < 1.29 is 0 Å². The second-order valence-corrected chi connectivity index (χ2v) is 5.48. The maximum absolute atomic E-state index is 3.48. The van der Waals surface area contributed by atoms with Crippen LogP contribution in [0.15, 0.2) is 17.5 Å². The Balaban J connectivity index is 1.61. The van der Waals surface area contributed by atoms with E-state index >= 15 is 0 Å². The van der Waals surface area contributed by atoms with Gasteiger partial charge in [-0.1, -0.05) is 6.07 Å². The third-order valence-electron chi connectivity index (χ3n) is 3.42. The summed E-state index contributed by atoms with van der Waals surface area (Å²) in [5.41, 5.74) is 0. The molecule has 0 spiro atoms. The lowest BCUT2D eigenvalue weighted by Gasteiger charge is -2.15. The fraction of sp³-hybridized carbons (Fsp3) is 0.636. The molecule has 1 aromatic rings. The van der Waals surface area contributed by atoms with Gasteiger partial charge in [0.1, 0.15) is 0 Å². The fourth-order valence-electron chi connectivity index (χ4n) is 2.70. The highest BCUT2D eigenvalue weighted by atomic mass is 32.1. The molecule has 0 amide bonds. The summed E-state index contributed by atoms with van der Waals surface area (Å²) in [6, 6.07) is 4.40. The van der Waals surface area contributed by atoms with Gasteiger partial charge in [0.05, 0.1) is 0 Å². The summed E-state index contributed by atoms with van der Waals surface area (Å²) in [6.07, 6.45) is 0. The standard InChI is InChI=1S/C11H16N2S/c1-2-11(14-3-1)8-13-6-9-4-12-5-10(9)7-13/h1-3,9-10,12H,4-8H2/t9-,10-/m1/s1. The topological polar surface area (TPSA) is 15.3 Å². The molecule has 76 valence electrons. The van der Waals surface area contributed by atoms with E-state index in [9.17, 15) is 0 Å². The van der Waals surface area contributed by atoms with Crippen LogP contribution in [-0.2, 0) is 6.54 Å². The SMILES string of the molecule is c1csc(CN2C[C@H]3CNC[C@@H]3C2)c1. The third kappa shape index (κ3) is 1.60. The van der Waals surface area contributed by atoms with Crippen LogP contribution >= 0.6 is 11.3 Å². The molecule has 0 aromatic carbocycles. The maximum atomic E-state index is 3.48. The van der Waals surface area contributed by atoms with Crippen molar-refractivity contribution in [2.45, 2.75) is 6.54 Å². The number of rotatable bonds is 2. The first-order chi connectivity index (χ1) is 6.92. The van der Waals surface area contributed by atoms with Crippen LogP contribution in [0.4, 0.5) is 0 Å². The molecule has 3 heteroatoms. The minimum Gasteiger partial charge on any atom is -0.316 e. The van der Waals surface area contributed by atoms with Gasteiger partial charge in [-0.2, -0.15) is 0 Å². The summed E-state index contributed by atoms with van der Waals surface area (Å²) in [7, 11) is 0. The van der Waals surface area contributed by atoms with Crippen molar-refractivity contribution >= 4 is 11.3 Å². The van der Waals surface area contributed by atoms with Gasteiger partial charge in [-0.15, -0.1) is 11.3 Å². The molecule has 2 atom stereocenters. The van der Waals surface area contributed by atoms with Crippen molar-refractivity contribution in [2.24, 2.45) is 11.8 Å². The van der Waals surface area contributed by atoms with Crippen molar-refractivity contribution in [3.05, 3.63) is 22.4 Å². The molecule has 1 N–H and O–H groups in total. The minimum absolute atomic E-state index is 0.926. The fourth-order valence-corrected chi connectivity index (χ4v) is 3.45. The number of likely N-dealkylation sites (tertiary alicyclic amines) is 1. The molecule has 2 fully saturated rings. The molecule has 0 unspecified atom stereocenters. The van der Waals surface area contributed by atoms with Gasteiger partial charge in [0.25, 0.3) is 0 Å². The highest BCUT2D eigenvalue weighted by Gasteiger charge is 2.35. The Kier molecular flexibility index (Phi) is 2.32. The Hall–Kier alpha value is -0.380. The van der Waals surface area contributed by atoms with Crippen molar-refractivity contribution in [3.8, 4) is 0 Å². The maximum Gasteiger partial charge on any atom is 0.0328 e. The molecule has 2 aliphatic heterocycles. The zero-order valence-electron chi connectivity index (χ0n) is 8.28. The summed E-state index contributed by atoms with van der Waals surface area (Å²) in [5.74, 6) is 1.85. The molecule has 0 aliphatic carbocycles. The Morgan fingerprint density at radius 3 is 2.79 bits per heavy atom. The average Bonchev–Trinajstić information content (AvgIpc) is 2.78. The number of hydrogen-bond donors (Lipinski definition) is 1. The van der Waals surface area contributed by atoms with E-state index in [0.29, 0.717) is 0 Å². The second kappa shape index (κ2) is 3.65. The Morgan fingerprint density at radius 1 is 1.36 bits per heavy atom. The van der Waals surface area contributed by atoms with Gasteiger partial charge in [-0.05, 0) is 36.4 Å². The zero-order valence-corrected chi connectivity index (χ0v) is 9.09. The van der Waals surface area contributed by atoms with Gasteiger partial charge in [0, 0.05) is 24.5 Å². The minimum atomic E-state index is 0.926. The van der Waals surface area contributed by atoms with Crippen molar-refractivity contribution in [1.29, 1.82) is 0 Å². The van der Waals surface area contributed by atoms with Crippen LogP contribution in [0.3, 0.4) is 0 Å². The largest absolute Gasteiger partial charge is 0.316 e. The molecular formula is C11H16N2S. The van der Waals surface area contributed by atoms with Gasteiger partial charge >= 0.3 is 0 Å². The third-order valence-corrected chi connectivity index (χ3v) is 4.29. The van der Waals surface area contributed by atoms with Gasteiger partial charge in [-0.25, -0.2) is 0 Å².